The van der Waals surface area contributed by atoms with E-state index in [9.17, 15) is 14.3 Å². The SMILES string of the molecule is Cn1cc(CCC(=O)NCC(O)c2ccc(F)cc2)c2ccccc21. The van der Waals surface area contributed by atoms with Crippen LogP contribution in [0.1, 0.15) is 23.7 Å². The van der Waals surface area contributed by atoms with Gasteiger partial charge in [0.15, 0.2) is 0 Å². The van der Waals surface area contributed by atoms with E-state index in [4.69, 9.17) is 0 Å². The fraction of sp³-hybridized carbons (Fsp3) is 0.250. The van der Waals surface area contributed by atoms with Crippen LogP contribution in [-0.4, -0.2) is 22.1 Å². The number of hydrogen-bond acceptors (Lipinski definition) is 2. The number of fused-ring (bicyclic) bond motifs is 1. The van der Waals surface area contributed by atoms with Crippen molar-refractivity contribution in [2.75, 3.05) is 6.54 Å². The lowest BCUT2D eigenvalue weighted by Crippen LogP contribution is -2.28. The Balaban J connectivity index is 1.53. The predicted molar refractivity (Wildman–Crippen MR) is 95.6 cm³/mol. The molecular weight excluding hydrogens is 319 g/mol. The molecule has 4 nitrogen and oxygen atoms in total. The second-order valence-corrected chi connectivity index (χ2v) is 6.15. The first kappa shape index (κ1) is 17.2. The summed E-state index contributed by atoms with van der Waals surface area (Å²) in [7, 11) is 1.99. The maximum atomic E-state index is 12.9. The van der Waals surface area contributed by atoms with Gasteiger partial charge in [-0.25, -0.2) is 4.39 Å². The van der Waals surface area contributed by atoms with Crippen molar-refractivity contribution in [3.63, 3.8) is 0 Å². The lowest BCUT2D eigenvalue weighted by molar-refractivity contribution is -0.121. The van der Waals surface area contributed by atoms with Gasteiger partial charge >= 0.3 is 0 Å². The molecule has 2 aromatic carbocycles. The molecule has 1 atom stereocenters. The summed E-state index contributed by atoms with van der Waals surface area (Å²) >= 11 is 0. The predicted octanol–water partition coefficient (Wildman–Crippen LogP) is 3.10. The zero-order valence-electron chi connectivity index (χ0n) is 14.1. The molecular formula is C20H21FN2O2. The number of rotatable bonds is 6. The van der Waals surface area contributed by atoms with Crippen LogP contribution in [0.3, 0.4) is 0 Å². The summed E-state index contributed by atoms with van der Waals surface area (Å²) in [5.41, 5.74) is 2.85. The summed E-state index contributed by atoms with van der Waals surface area (Å²) in [5.74, 6) is -0.468. The molecule has 1 aromatic heterocycles. The molecule has 0 spiro atoms. The molecule has 1 unspecified atom stereocenters. The summed E-state index contributed by atoms with van der Waals surface area (Å²) in [5, 5.41) is 13.9. The number of aryl methyl sites for hydroxylation is 2. The highest BCUT2D eigenvalue weighted by Gasteiger charge is 2.11. The van der Waals surface area contributed by atoms with E-state index >= 15 is 0 Å². The van der Waals surface area contributed by atoms with Crippen molar-refractivity contribution in [3.05, 3.63) is 71.7 Å². The molecule has 1 amide bonds. The number of aliphatic hydroxyl groups is 1. The third-order valence-electron chi connectivity index (χ3n) is 4.35. The van der Waals surface area contributed by atoms with E-state index < -0.39 is 6.10 Å². The van der Waals surface area contributed by atoms with E-state index in [-0.39, 0.29) is 18.3 Å². The molecule has 0 saturated carbocycles. The number of amides is 1. The van der Waals surface area contributed by atoms with E-state index in [1.165, 1.54) is 24.3 Å². The number of benzene rings is 2. The van der Waals surface area contributed by atoms with E-state index in [0.717, 1.165) is 16.5 Å². The van der Waals surface area contributed by atoms with Crippen LogP contribution in [0.4, 0.5) is 4.39 Å². The summed E-state index contributed by atoms with van der Waals surface area (Å²) < 4.78 is 14.9. The van der Waals surface area contributed by atoms with Crippen LogP contribution in [0.2, 0.25) is 0 Å². The molecule has 0 aliphatic heterocycles. The highest BCUT2D eigenvalue weighted by atomic mass is 19.1. The van der Waals surface area contributed by atoms with Crippen LogP contribution in [0.15, 0.2) is 54.7 Å². The van der Waals surface area contributed by atoms with Crippen LogP contribution in [0, 0.1) is 5.82 Å². The Morgan fingerprint density at radius 2 is 1.92 bits per heavy atom. The van der Waals surface area contributed by atoms with Gasteiger partial charge in [0.05, 0.1) is 6.10 Å². The number of halogens is 1. The summed E-state index contributed by atoms with van der Waals surface area (Å²) in [4.78, 5) is 12.1. The molecule has 25 heavy (non-hydrogen) atoms. The second-order valence-electron chi connectivity index (χ2n) is 6.15. The average molecular weight is 340 g/mol. The van der Waals surface area contributed by atoms with E-state index in [0.29, 0.717) is 18.4 Å². The van der Waals surface area contributed by atoms with Gasteiger partial charge in [-0.3, -0.25) is 4.79 Å². The molecule has 5 heteroatoms. The minimum Gasteiger partial charge on any atom is -0.387 e. The lowest BCUT2D eigenvalue weighted by Gasteiger charge is -2.12. The smallest absolute Gasteiger partial charge is 0.220 e. The van der Waals surface area contributed by atoms with Crippen LogP contribution in [0.5, 0.6) is 0 Å². The Hall–Kier alpha value is -2.66. The standard InChI is InChI=1S/C20H21FN2O2/c1-23-13-15(17-4-2-3-5-18(17)23)8-11-20(25)22-12-19(24)14-6-9-16(21)10-7-14/h2-7,9-10,13,19,24H,8,11-12H2,1H3,(H,22,25). The molecule has 0 aliphatic carbocycles. The monoisotopic (exact) mass is 340 g/mol. The van der Waals surface area contributed by atoms with Crippen molar-refractivity contribution in [3.8, 4) is 0 Å². The Bertz CT molecular complexity index is 871. The van der Waals surface area contributed by atoms with Gasteiger partial charge in [0.1, 0.15) is 5.82 Å². The maximum absolute atomic E-state index is 12.9. The number of nitrogens with one attached hydrogen (secondary N) is 1. The first-order chi connectivity index (χ1) is 12.0. The molecule has 0 aliphatic rings. The van der Waals surface area contributed by atoms with Gasteiger partial charge in [-0.2, -0.15) is 0 Å². The maximum Gasteiger partial charge on any atom is 0.220 e. The highest BCUT2D eigenvalue weighted by molar-refractivity contribution is 5.84. The van der Waals surface area contributed by atoms with Crippen molar-refractivity contribution in [1.82, 2.24) is 9.88 Å². The van der Waals surface area contributed by atoms with Crippen molar-refractivity contribution in [2.24, 2.45) is 7.05 Å². The summed E-state index contributed by atoms with van der Waals surface area (Å²) in [6, 6.07) is 13.7. The van der Waals surface area contributed by atoms with Gasteiger partial charge in [-0.15, -0.1) is 0 Å². The zero-order chi connectivity index (χ0) is 17.8. The molecule has 2 N–H and O–H groups in total. The minimum atomic E-state index is -0.845. The quantitative estimate of drug-likeness (QED) is 0.724. The van der Waals surface area contributed by atoms with E-state index in [1.807, 2.05) is 25.4 Å². The van der Waals surface area contributed by atoms with Crippen LogP contribution >= 0.6 is 0 Å². The number of hydrogen-bond donors (Lipinski definition) is 2. The van der Waals surface area contributed by atoms with Crippen molar-refractivity contribution >= 4 is 16.8 Å². The summed E-state index contributed by atoms with van der Waals surface area (Å²) in [6.07, 6.45) is 2.19. The fourth-order valence-electron chi connectivity index (χ4n) is 2.97. The Labute approximate surface area is 145 Å². The van der Waals surface area contributed by atoms with Gasteiger partial charge < -0.3 is 15.0 Å². The van der Waals surface area contributed by atoms with E-state index in [1.54, 1.807) is 0 Å². The molecule has 0 fully saturated rings. The number of nitrogens with zero attached hydrogens (tertiary/aromatic N) is 1. The number of aromatic nitrogens is 1. The lowest BCUT2D eigenvalue weighted by atomic mass is 10.1. The molecule has 3 rings (SSSR count). The third kappa shape index (κ3) is 4.06. The minimum absolute atomic E-state index is 0.111. The van der Waals surface area contributed by atoms with Crippen LogP contribution in [0.25, 0.3) is 10.9 Å². The average Bonchev–Trinajstić information content (AvgIpc) is 2.95. The van der Waals surface area contributed by atoms with Gasteiger partial charge in [-0.05, 0) is 35.7 Å². The molecule has 1 heterocycles. The molecule has 0 saturated heterocycles. The molecule has 0 radical (unpaired) electrons. The van der Waals surface area contributed by atoms with E-state index in [2.05, 4.69) is 22.0 Å². The molecule has 0 bridgehead atoms. The number of para-hydroxylation sites is 1. The summed E-state index contributed by atoms with van der Waals surface area (Å²) in [6.45, 7) is 0.111. The first-order valence-electron chi connectivity index (χ1n) is 8.28. The highest BCUT2D eigenvalue weighted by Crippen LogP contribution is 2.21. The molecule has 3 aromatic rings. The third-order valence-corrected chi connectivity index (χ3v) is 4.35. The van der Waals surface area contributed by atoms with Crippen molar-refractivity contribution in [2.45, 2.75) is 18.9 Å². The topological polar surface area (TPSA) is 54.3 Å². The Kier molecular flexibility index (Phi) is 5.14. The van der Waals surface area contributed by atoms with Gasteiger partial charge in [0.25, 0.3) is 0 Å². The Morgan fingerprint density at radius 3 is 2.68 bits per heavy atom. The second kappa shape index (κ2) is 7.49. The molecule has 130 valence electrons. The Morgan fingerprint density at radius 1 is 1.20 bits per heavy atom. The zero-order valence-corrected chi connectivity index (χ0v) is 14.1. The van der Waals surface area contributed by atoms with Gasteiger partial charge in [0.2, 0.25) is 5.91 Å². The normalized spacial score (nSPS) is 12.3. The largest absolute Gasteiger partial charge is 0.387 e. The van der Waals surface area contributed by atoms with Crippen LogP contribution in [-0.2, 0) is 18.3 Å². The van der Waals surface area contributed by atoms with Crippen LogP contribution < -0.4 is 5.32 Å². The van der Waals surface area contributed by atoms with Crippen molar-refractivity contribution < 1.29 is 14.3 Å². The number of carbonyl (C=O) groups is 1. The fourth-order valence-corrected chi connectivity index (χ4v) is 2.97. The van der Waals surface area contributed by atoms with Crippen molar-refractivity contribution in [1.29, 1.82) is 0 Å². The van der Waals surface area contributed by atoms with Gasteiger partial charge in [0, 0.05) is 37.1 Å². The number of aliphatic hydroxyl groups excluding tert-OH is 1. The number of carbonyl (C=O) groups excluding carboxylic acids is 1. The first-order valence-corrected chi connectivity index (χ1v) is 8.28. The van der Waals surface area contributed by atoms with Gasteiger partial charge in [-0.1, -0.05) is 30.3 Å².